The van der Waals surface area contributed by atoms with Gasteiger partial charge in [0.15, 0.2) is 12.2 Å². The number of carbonyl (C=O) groups excluding carboxylic acids is 1. The molecule has 3 aromatic rings. The zero-order valence-corrected chi connectivity index (χ0v) is 17.0. The van der Waals surface area contributed by atoms with E-state index in [1.807, 2.05) is 30.3 Å². The Morgan fingerprint density at radius 2 is 1.71 bits per heavy atom. The number of anilines is 1. The van der Waals surface area contributed by atoms with E-state index in [1.54, 1.807) is 18.6 Å². The van der Waals surface area contributed by atoms with Gasteiger partial charge in [-0.1, -0.05) is 12.1 Å². The lowest BCUT2D eigenvalue weighted by atomic mass is 10.0. The topological polar surface area (TPSA) is 99.2 Å². The summed E-state index contributed by atoms with van der Waals surface area (Å²) in [6.45, 7) is 1.58. The van der Waals surface area contributed by atoms with Crippen molar-refractivity contribution in [2.75, 3.05) is 18.0 Å². The molecular formula is C23H22N6O2. The first-order valence-electron chi connectivity index (χ1n) is 10.5. The van der Waals surface area contributed by atoms with Gasteiger partial charge >= 0.3 is 0 Å². The molecule has 0 spiro atoms. The zero-order chi connectivity index (χ0) is 21.2. The van der Waals surface area contributed by atoms with Crippen LogP contribution in [0.15, 0.2) is 53.7 Å². The van der Waals surface area contributed by atoms with Crippen LogP contribution in [0.4, 0.5) is 5.95 Å². The Hall–Kier alpha value is -3.73. The molecule has 2 fully saturated rings. The molecule has 0 N–H and O–H groups in total. The van der Waals surface area contributed by atoms with Gasteiger partial charge in [-0.05, 0) is 37.8 Å². The molecule has 0 radical (unpaired) electrons. The Morgan fingerprint density at radius 1 is 1.03 bits per heavy atom. The lowest BCUT2D eigenvalue weighted by molar-refractivity contribution is 0.0630. The van der Waals surface area contributed by atoms with Crippen molar-refractivity contribution in [2.24, 2.45) is 0 Å². The summed E-state index contributed by atoms with van der Waals surface area (Å²) in [4.78, 5) is 30.1. The molecule has 8 nitrogen and oxygen atoms in total. The van der Waals surface area contributed by atoms with Gasteiger partial charge in [-0.3, -0.25) is 4.79 Å². The first-order chi connectivity index (χ1) is 15.2. The average molecular weight is 414 g/mol. The monoisotopic (exact) mass is 414 g/mol. The van der Waals surface area contributed by atoms with Crippen molar-refractivity contribution in [1.29, 1.82) is 5.26 Å². The third kappa shape index (κ3) is 3.99. The molecule has 31 heavy (non-hydrogen) atoms. The average Bonchev–Trinajstić information content (AvgIpc) is 3.51. The van der Waals surface area contributed by atoms with Gasteiger partial charge in [-0.25, -0.2) is 15.0 Å². The van der Waals surface area contributed by atoms with E-state index in [0.717, 1.165) is 44.3 Å². The fraction of sp³-hybridized carbons (Fsp3) is 0.348. The first-order valence-corrected chi connectivity index (χ1v) is 10.5. The lowest BCUT2D eigenvalue weighted by Gasteiger charge is -2.39. The molecule has 0 atom stereocenters. The smallest absolute Gasteiger partial charge is 0.254 e. The summed E-state index contributed by atoms with van der Waals surface area (Å²) in [5.74, 6) is 1.43. The summed E-state index contributed by atoms with van der Waals surface area (Å²) in [7, 11) is 0. The third-order valence-electron chi connectivity index (χ3n) is 5.93. The molecule has 1 saturated carbocycles. The van der Waals surface area contributed by atoms with Crippen LogP contribution in [0.1, 0.15) is 41.6 Å². The SMILES string of the molecule is N#Cc1cnc(N2CCC(N(C(=O)c3ccc(-c4cnco4)cc3)C3CC3)CC2)nc1. The van der Waals surface area contributed by atoms with Crippen LogP contribution in [-0.2, 0) is 0 Å². The fourth-order valence-corrected chi connectivity index (χ4v) is 4.15. The van der Waals surface area contributed by atoms with Gasteiger partial charge in [0, 0.05) is 36.3 Å². The van der Waals surface area contributed by atoms with Crippen molar-refractivity contribution in [3.05, 3.63) is 60.4 Å². The van der Waals surface area contributed by atoms with E-state index in [0.29, 0.717) is 28.9 Å². The van der Waals surface area contributed by atoms with Gasteiger partial charge in [0.05, 0.1) is 24.2 Å². The zero-order valence-electron chi connectivity index (χ0n) is 17.0. The summed E-state index contributed by atoms with van der Waals surface area (Å²) in [6.07, 6.45) is 10.1. The normalized spacial score (nSPS) is 16.7. The Balaban J connectivity index is 1.27. The number of carbonyl (C=O) groups is 1. The summed E-state index contributed by atoms with van der Waals surface area (Å²) in [5.41, 5.74) is 2.06. The van der Waals surface area contributed by atoms with Crippen LogP contribution < -0.4 is 4.90 Å². The van der Waals surface area contributed by atoms with Gasteiger partial charge in [-0.15, -0.1) is 0 Å². The lowest BCUT2D eigenvalue weighted by Crippen LogP contribution is -2.48. The van der Waals surface area contributed by atoms with Crippen molar-refractivity contribution in [3.8, 4) is 17.4 Å². The fourth-order valence-electron chi connectivity index (χ4n) is 4.15. The van der Waals surface area contributed by atoms with Crippen molar-refractivity contribution < 1.29 is 9.21 Å². The van der Waals surface area contributed by atoms with Crippen molar-refractivity contribution in [3.63, 3.8) is 0 Å². The van der Waals surface area contributed by atoms with Crippen LogP contribution in [0.25, 0.3) is 11.3 Å². The van der Waals surface area contributed by atoms with E-state index in [1.165, 1.54) is 6.39 Å². The highest BCUT2D eigenvalue weighted by molar-refractivity contribution is 5.95. The van der Waals surface area contributed by atoms with Crippen LogP contribution >= 0.6 is 0 Å². The van der Waals surface area contributed by atoms with Gasteiger partial charge in [0.1, 0.15) is 6.07 Å². The quantitative estimate of drug-likeness (QED) is 0.632. The van der Waals surface area contributed by atoms with E-state index in [9.17, 15) is 4.79 Å². The predicted molar refractivity (Wildman–Crippen MR) is 113 cm³/mol. The maximum absolute atomic E-state index is 13.4. The molecule has 1 aromatic carbocycles. The second kappa shape index (κ2) is 8.19. The number of aromatic nitrogens is 3. The highest BCUT2D eigenvalue weighted by atomic mass is 16.3. The molecule has 1 aliphatic carbocycles. The minimum Gasteiger partial charge on any atom is -0.444 e. The molecule has 2 aromatic heterocycles. The Morgan fingerprint density at radius 3 is 2.29 bits per heavy atom. The van der Waals surface area contributed by atoms with Crippen molar-refractivity contribution in [1.82, 2.24) is 19.9 Å². The minimum absolute atomic E-state index is 0.0969. The van der Waals surface area contributed by atoms with E-state index in [-0.39, 0.29) is 11.9 Å². The van der Waals surface area contributed by atoms with Crippen molar-refractivity contribution >= 4 is 11.9 Å². The number of piperidine rings is 1. The number of amides is 1. The standard InChI is InChI=1S/C23H22N6O2/c24-11-16-12-26-23(27-13-16)28-9-7-20(8-10-28)29(19-5-6-19)22(30)18-3-1-17(2-4-18)21-14-25-15-31-21/h1-4,12-15,19-20H,5-10H2. The van der Waals surface area contributed by atoms with Crippen molar-refractivity contribution in [2.45, 2.75) is 37.8 Å². The van der Waals surface area contributed by atoms with Gasteiger partial charge in [-0.2, -0.15) is 5.26 Å². The summed E-state index contributed by atoms with van der Waals surface area (Å²) in [5, 5.41) is 8.91. The number of nitrogens with zero attached hydrogens (tertiary/aromatic N) is 6. The second-order valence-corrected chi connectivity index (χ2v) is 7.99. The number of rotatable bonds is 5. The summed E-state index contributed by atoms with van der Waals surface area (Å²) >= 11 is 0. The molecule has 156 valence electrons. The second-order valence-electron chi connectivity index (χ2n) is 7.99. The Kier molecular flexibility index (Phi) is 5.08. The maximum Gasteiger partial charge on any atom is 0.254 e. The summed E-state index contributed by atoms with van der Waals surface area (Å²) in [6, 6.07) is 10.1. The van der Waals surface area contributed by atoms with E-state index < -0.39 is 0 Å². The first kappa shape index (κ1) is 19.2. The molecule has 1 saturated heterocycles. The number of nitriles is 1. The molecule has 2 aliphatic rings. The largest absolute Gasteiger partial charge is 0.444 e. The number of hydrogen-bond acceptors (Lipinski definition) is 7. The molecule has 0 unspecified atom stereocenters. The summed E-state index contributed by atoms with van der Waals surface area (Å²) < 4.78 is 5.33. The third-order valence-corrected chi connectivity index (χ3v) is 5.93. The van der Waals surface area contributed by atoms with E-state index in [4.69, 9.17) is 9.68 Å². The van der Waals surface area contributed by atoms with Crippen LogP contribution in [-0.4, -0.2) is 50.9 Å². The number of hydrogen-bond donors (Lipinski definition) is 0. The molecule has 1 aliphatic heterocycles. The maximum atomic E-state index is 13.4. The van der Waals surface area contributed by atoms with Crippen LogP contribution in [0, 0.1) is 11.3 Å². The Bertz CT molecular complexity index is 1080. The Labute approximate surface area is 180 Å². The number of benzene rings is 1. The van der Waals surface area contributed by atoms with Gasteiger partial charge in [0.25, 0.3) is 5.91 Å². The van der Waals surface area contributed by atoms with Crippen LogP contribution in [0.2, 0.25) is 0 Å². The van der Waals surface area contributed by atoms with Gasteiger partial charge < -0.3 is 14.2 Å². The van der Waals surface area contributed by atoms with Crippen LogP contribution in [0.5, 0.6) is 0 Å². The predicted octanol–water partition coefficient (Wildman–Crippen LogP) is 3.28. The minimum atomic E-state index is 0.0969. The molecule has 3 heterocycles. The number of oxazole rings is 1. The molecule has 0 bridgehead atoms. The van der Waals surface area contributed by atoms with Crippen LogP contribution in [0.3, 0.4) is 0 Å². The molecule has 5 rings (SSSR count). The molecular weight excluding hydrogens is 392 g/mol. The highest BCUT2D eigenvalue weighted by Crippen LogP contribution is 2.34. The highest BCUT2D eigenvalue weighted by Gasteiger charge is 2.39. The molecule has 8 heteroatoms. The molecule has 1 amide bonds. The van der Waals surface area contributed by atoms with E-state index >= 15 is 0 Å². The van der Waals surface area contributed by atoms with E-state index in [2.05, 4.69) is 24.8 Å². The van der Waals surface area contributed by atoms with Gasteiger partial charge in [0.2, 0.25) is 5.95 Å².